The number of guanidine groups is 1. The monoisotopic (exact) mass is 412 g/mol. The van der Waals surface area contributed by atoms with Crippen LogP contribution in [-0.4, -0.2) is 61.7 Å². The summed E-state index contributed by atoms with van der Waals surface area (Å²) in [4.78, 5) is 14.0. The largest absolute Gasteiger partial charge is 0.444 e. The third-order valence-electron chi connectivity index (χ3n) is 5.47. The second-order valence-corrected chi connectivity index (χ2v) is 7.89. The minimum atomic E-state index is 0.449. The van der Waals surface area contributed by atoms with Gasteiger partial charge in [0.15, 0.2) is 5.96 Å². The molecule has 1 aromatic heterocycles. The smallest absolute Gasteiger partial charge is 0.216 e. The van der Waals surface area contributed by atoms with E-state index in [9.17, 15) is 0 Å². The van der Waals surface area contributed by atoms with Gasteiger partial charge in [-0.2, -0.15) is 0 Å². The van der Waals surface area contributed by atoms with Crippen LogP contribution in [0, 0.1) is 20.8 Å². The second kappa shape index (κ2) is 11.0. The van der Waals surface area contributed by atoms with Crippen molar-refractivity contribution in [3.63, 3.8) is 0 Å². The Hall–Kier alpha value is -2.54. The van der Waals surface area contributed by atoms with Crippen LogP contribution in [0.3, 0.4) is 0 Å². The summed E-state index contributed by atoms with van der Waals surface area (Å²) < 4.78 is 5.61. The van der Waals surface area contributed by atoms with Gasteiger partial charge in [-0.1, -0.05) is 12.1 Å². The van der Waals surface area contributed by atoms with Crippen molar-refractivity contribution < 1.29 is 4.42 Å². The van der Waals surface area contributed by atoms with Gasteiger partial charge in [-0.15, -0.1) is 0 Å². The molecule has 0 atom stereocenters. The van der Waals surface area contributed by atoms with Gasteiger partial charge < -0.3 is 20.0 Å². The number of oxazole rings is 1. The molecule has 0 unspecified atom stereocenters. The van der Waals surface area contributed by atoms with Crippen molar-refractivity contribution in [2.45, 2.75) is 40.7 Å². The van der Waals surface area contributed by atoms with E-state index in [-0.39, 0.29) is 0 Å². The predicted octanol–water partition coefficient (Wildman–Crippen LogP) is 2.87. The molecule has 0 aliphatic carbocycles. The molecule has 2 heterocycles. The molecule has 30 heavy (non-hydrogen) atoms. The molecule has 2 aromatic rings. The SMILES string of the molecule is CCNC(=NCc1nc(C)c(C)o1)NCCCN1CCN(c2cccc(C)c2)CC1. The molecular weight excluding hydrogens is 376 g/mol. The Bertz CT molecular complexity index is 803. The predicted molar refractivity (Wildman–Crippen MR) is 123 cm³/mol. The van der Waals surface area contributed by atoms with Crippen LogP contribution < -0.4 is 15.5 Å². The molecule has 164 valence electrons. The maximum Gasteiger partial charge on any atom is 0.216 e. The van der Waals surface area contributed by atoms with Crippen molar-refractivity contribution in [1.29, 1.82) is 0 Å². The molecule has 0 bridgehead atoms. The Morgan fingerprint density at radius 2 is 1.93 bits per heavy atom. The number of hydrogen-bond donors (Lipinski definition) is 2. The summed E-state index contributed by atoms with van der Waals surface area (Å²) in [5.74, 6) is 2.34. The highest BCUT2D eigenvalue weighted by atomic mass is 16.4. The number of aliphatic imine (C=N–C) groups is 1. The number of nitrogens with zero attached hydrogens (tertiary/aromatic N) is 4. The number of anilines is 1. The van der Waals surface area contributed by atoms with Crippen molar-refractivity contribution >= 4 is 11.6 Å². The first kappa shape index (κ1) is 22.2. The average Bonchev–Trinajstić information content (AvgIpc) is 3.07. The molecular formula is C23H36N6O. The van der Waals surface area contributed by atoms with E-state index < -0.39 is 0 Å². The Kier molecular flexibility index (Phi) is 8.13. The van der Waals surface area contributed by atoms with E-state index in [1.54, 1.807) is 0 Å². The van der Waals surface area contributed by atoms with Crippen LogP contribution in [-0.2, 0) is 6.54 Å². The third-order valence-corrected chi connectivity index (χ3v) is 5.47. The molecule has 1 saturated heterocycles. The van der Waals surface area contributed by atoms with Crippen molar-refractivity contribution in [3.8, 4) is 0 Å². The van der Waals surface area contributed by atoms with E-state index in [0.29, 0.717) is 12.4 Å². The van der Waals surface area contributed by atoms with E-state index >= 15 is 0 Å². The Balaban J connectivity index is 1.37. The van der Waals surface area contributed by atoms with E-state index in [4.69, 9.17) is 4.42 Å². The maximum atomic E-state index is 5.61. The number of benzene rings is 1. The Labute approximate surface area is 180 Å². The van der Waals surface area contributed by atoms with E-state index in [2.05, 4.69) is 68.5 Å². The van der Waals surface area contributed by atoms with Crippen molar-refractivity contribution in [3.05, 3.63) is 47.2 Å². The fourth-order valence-electron chi connectivity index (χ4n) is 3.66. The van der Waals surface area contributed by atoms with Crippen LogP contribution >= 0.6 is 0 Å². The van der Waals surface area contributed by atoms with E-state index in [1.807, 2.05) is 13.8 Å². The van der Waals surface area contributed by atoms with Crippen molar-refractivity contribution in [2.24, 2.45) is 4.99 Å². The normalized spacial score (nSPS) is 15.5. The number of aromatic nitrogens is 1. The molecule has 2 N–H and O–H groups in total. The molecule has 1 aromatic carbocycles. The maximum absolute atomic E-state index is 5.61. The highest BCUT2D eigenvalue weighted by Gasteiger charge is 2.16. The lowest BCUT2D eigenvalue weighted by atomic mass is 10.2. The first-order chi connectivity index (χ1) is 14.5. The highest BCUT2D eigenvalue weighted by molar-refractivity contribution is 5.79. The minimum absolute atomic E-state index is 0.449. The summed E-state index contributed by atoms with van der Waals surface area (Å²) >= 11 is 0. The summed E-state index contributed by atoms with van der Waals surface area (Å²) in [7, 11) is 0. The molecule has 0 spiro atoms. The van der Waals surface area contributed by atoms with Crippen LogP contribution in [0.5, 0.6) is 0 Å². The van der Waals surface area contributed by atoms with Gasteiger partial charge >= 0.3 is 0 Å². The van der Waals surface area contributed by atoms with Crippen molar-refractivity contribution in [1.82, 2.24) is 20.5 Å². The van der Waals surface area contributed by atoms with Gasteiger partial charge in [0.25, 0.3) is 0 Å². The number of aryl methyl sites for hydroxylation is 3. The summed E-state index contributed by atoms with van der Waals surface area (Å²) in [6.07, 6.45) is 1.09. The van der Waals surface area contributed by atoms with Gasteiger partial charge in [-0.25, -0.2) is 9.98 Å². The van der Waals surface area contributed by atoms with Gasteiger partial charge in [0.05, 0.1) is 5.69 Å². The van der Waals surface area contributed by atoms with Gasteiger partial charge in [0.2, 0.25) is 5.89 Å². The molecule has 1 fully saturated rings. The standard InChI is InChI=1S/C23H36N6O/c1-5-24-23(26-17-22-27-19(3)20(4)30-22)25-10-7-11-28-12-14-29(15-13-28)21-9-6-8-18(2)16-21/h6,8-9,16H,5,7,10-15,17H2,1-4H3,(H2,24,25,26). The van der Waals surface area contributed by atoms with Gasteiger partial charge in [-0.3, -0.25) is 4.90 Å². The van der Waals surface area contributed by atoms with Crippen molar-refractivity contribution in [2.75, 3.05) is 50.7 Å². The van der Waals surface area contributed by atoms with Gasteiger partial charge in [0, 0.05) is 45.0 Å². The number of hydrogen-bond acceptors (Lipinski definition) is 5. The lowest BCUT2D eigenvalue weighted by Crippen LogP contribution is -2.47. The zero-order chi connectivity index (χ0) is 21.3. The average molecular weight is 413 g/mol. The van der Waals surface area contributed by atoms with Gasteiger partial charge in [0.1, 0.15) is 12.3 Å². The topological polar surface area (TPSA) is 68.9 Å². The van der Waals surface area contributed by atoms with Crippen LogP contribution in [0.25, 0.3) is 0 Å². The minimum Gasteiger partial charge on any atom is -0.444 e. The summed E-state index contributed by atoms with van der Waals surface area (Å²) in [5, 5.41) is 6.72. The van der Waals surface area contributed by atoms with E-state index in [0.717, 1.165) is 69.6 Å². The number of piperazine rings is 1. The fraction of sp³-hybridized carbons (Fsp3) is 0.565. The number of rotatable bonds is 8. The van der Waals surface area contributed by atoms with Crippen LogP contribution in [0.4, 0.5) is 5.69 Å². The zero-order valence-electron chi connectivity index (χ0n) is 18.9. The third kappa shape index (κ3) is 6.49. The second-order valence-electron chi connectivity index (χ2n) is 7.89. The van der Waals surface area contributed by atoms with Gasteiger partial charge in [-0.05, 0) is 58.4 Å². The molecule has 7 heteroatoms. The lowest BCUT2D eigenvalue weighted by molar-refractivity contribution is 0.255. The molecule has 7 nitrogen and oxygen atoms in total. The molecule has 0 amide bonds. The summed E-state index contributed by atoms with van der Waals surface area (Å²) in [6, 6.07) is 8.80. The molecule has 0 saturated carbocycles. The molecule has 1 aliphatic rings. The number of nitrogens with one attached hydrogen (secondary N) is 2. The Morgan fingerprint density at radius 1 is 1.13 bits per heavy atom. The zero-order valence-corrected chi connectivity index (χ0v) is 18.9. The van der Waals surface area contributed by atoms with Crippen LogP contribution in [0.2, 0.25) is 0 Å². The first-order valence-corrected chi connectivity index (χ1v) is 11.0. The lowest BCUT2D eigenvalue weighted by Gasteiger charge is -2.36. The molecule has 0 radical (unpaired) electrons. The van der Waals surface area contributed by atoms with Crippen LogP contribution in [0.1, 0.15) is 36.3 Å². The summed E-state index contributed by atoms with van der Waals surface area (Å²) in [6.45, 7) is 15.8. The molecule has 3 rings (SSSR count). The molecule has 1 aliphatic heterocycles. The quantitative estimate of drug-likeness (QED) is 0.395. The summed E-state index contributed by atoms with van der Waals surface area (Å²) in [5.41, 5.74) is 3.60. The Morgan fingerprint density at radius 3 is 2.60 bits per heavy atom. The fourth-order valence-corrected chi connectivity index (χ4v) is 3.66. The highest BCUT2D eigenvalue weighted by Crippen LogP contribution is 2.17. The van der Waals surface area contributed by atoms with E-state index in [1.165, 1.54) is 11.3 Å². The first-order valence-electron chi connectivity index (χ1n) is 11.0. The van der Waals surface area contributed by atoms with Crippen LogP contribution in [0.15, 0.2) is 33.7 Å².